The molecule has 0 aliphatic carbocycles. The maximum atomic E-state index is 12.3. The zero-order chi connectivity index (χ0) is 22.7. The minimum atomic E-state index is -1.33. The molecule has 0 saturated heterocycles. The van der Waals surface area contributed by atoms with Crippen LogP contribution >= 0.6 is 0 Å². The van der Waals surface area contributed by atoms with Gasteiger partial charge in [-0.3, -0.25) is 28.8 Å². The summed E-state index contributed by atoms with van der Waals surface area (Å²) < 4.78 is 0. The standard InChI is InChI=1S/C16H27N5O8/c1-7(19-14(26)9(17)3-5-11(18)22)13(25)21-10(4-6-12(23)24)15(27)20-8(2)16(28)29/h7-10H,3-6,17H2,1-2H3,(H2,18,22)(H,19,26)(H,20,27)(H,21,25)(H,23,24)(H,28,29)/t7-,8-,9+,10+/m1/s1. The van der Waals surface area contributed by atoms with Gasteiger partial charge in [-0.2, -0.15) is 0 Å². The third-order valence-corrected chi connectivity index (χ3v) is 3.80. The summed E-state index contributed by atoms with van der Waals surface area (Å²) >= 11 is 0. The Morgan fingerprint density at radius 1 is 0.793 bits per heavy atom. The van der Waals surface area contributed by atoms with Crippen molar-refractivity contribution in [3.8, 4) is 0 Å². The molecule has 0 spiro atoms. The number of aliphatic carboxylic acids is 2. The fourth-order valence-corrected chi connectivity index (χ4v) is 2.02. The van der Waals surface area contributed by atoms with Crippen LogP contribution in [0.2, 0.25) is 0 Å². The van der Waals surface area contributed by atoms with E-state index < -0.39 is 66.2 Å². The highest BCUT2D eigenvalue weighted by Gasteiger charge is 2.27. The van der Waals surface area contributed by atoms with Gasteiger partial charge in [0.25, 0.3) is 0 Å². The van der Waals surface area contributed by atoms with E-state index in [0.29, 0.717) is 0 Å². The molecule has 0 radical (unpaired) electrons. The molecule has 4 amide bonds. The molecule has 0 aliphatic heterocycles. The largest absolute Gasteiger partial charge is 0.481 e. The van der Waals surface area contributed by atoms with Gasteiger partial charge in [0.05, 0.1) is 6.04 Å². The third-order valence-electron chi connectivity index (χ3n) is 3.80. The topological polar surface area (TPSA) is 231 Å². The number of hydrogen-bond donors (Lipinski definition) is 7. The van der Waals surface area contributed by atoms with E-state index in [1.54, 1.807) is 0 Å². The summed E-state index contributed by atoms with van der Waals surface area (Å²) in [4.78, 5) is 68.7. The van der Waals surface area contributed by atoms with E-state index in [0.717, 1.165) is 0 Å². The van der Waals surface area contributed by atoms with E-state index in [1.165, 1.54) is 13.8 Å². The molecule has 13 heteroatoms. The molecule has 0 aliphatic rings. The lowest BCUT2D eigenvalue weighted by atomic mass is 10.1. The monoisotopic (exact) mass is 417 g/mol. The Hall–Kier alpha value is -3.22. The fourth-order valence-electron chi connectivity index (χ4n) is 2.02. The number of nitrogens with one attached hydrogen (secondary N) is 3. The van der Waals surface area contributed by atoms with Crippen LogP contribution in [-0.2, 0) is 28.8 Å². The van der Waals surface area contributed by atoms with Crippen LogP contribution in [0.5, 0.6) is 0 Å². The molecule has 0 heterocycles. The van der Waals surface area contributed by atoms with Gasteiger partial charge in [0, 0.05) is 12.8 Å². The molecule has 0 bridgehead atoms. The van der Waals surface area contributed by atoms with E-state index in [2.05, 4.69) is 16.0 Å². The molecule has 0 rings (SSSR count). The van der Waals surface area contributed by atoms with E-state index in [9.17, 15) is 28.8 Å². The van der Waals surface area contributed by atoms with Crippen LogP contribution in [0.15, 0.2) is 0 Å². The normalized spacial score (nSPS) is 14.6. The summed E-state index contributed by atoms with van der Waals surface area (Å²) in [6, 6.07) is -4.81. The Bertz CT molecular complexity index is 653. The van der Waals surface area contributed by atoms with Crippen molar-refractivity contribution in [3.63, 3.8) is 0 Å². The first kappa shape index (κ1) is 25.8. The number of carboxylic acid groups (broad SMARTS) is 2. The molecule has 0 fully saturated rings. The quantitative estimate of drug-likeness (QED) is 0.162. The molecule has 0 aromatic heterocycles. The third kappa shape index (κ3) is 10.6. The second-order valence-electron chi connectivity index (χ2n) is 6.40. The SMILES string of the molecule is C[C@@H](NC(=O)[C@H](CCC(=O)O)NC(=O)[C@@H](C)NC(=O)[C@@H](N)CCC(N)=O)C(=O)O. The van der Waals surface area contributed by atoms with Crippen molar-refractivity contribution < 1.29 is 39.0 Å². The summed E-state index contributed by atoms with van der Waals surface area (Å²) in [6.45, 7) is 2.51. The lowest BCUT2D eigenvalue weighted by Crippen LogP contribution is -2.56. The Morgan fingerprint density at radius 2 is 1.34 bits per heavy atom. The average molecular weight is 417 g/mol. The molecule has 0 saturated carbocycles. The summed E-state index contributed by atoms with van der Waals surface area (Å²) in [5, 5.41) is 24.3. The number of rotatable bonds is 13. The van der Waals surface area contributed by atoms with Crippen LogP contribution in [0, 0.1) is 0 Å². The van der Waals surface area contributed by atoms with Gasteiger partial charge in [0.15, 0.2) is 0 Å². The van der Waals surface area contributed by atoms with Gasteiger partial charge in [0.2, 0.25) is 23.6 Å². The fraction of sp³-hybridized carbons (Fsp3) is 0.625. The summed E-state index contributed by atoms with van der Waals surface area (Å²) in [5.74, 6) is -5.58. The first-order valence-corrected chi connectivity index (χ1v) is 8.74. The molecule has 4 atom stereocenters. The maximum absolute atomic E-state index is 12.3. The van der Waals surface area contributed by atoms with Gasteiger partial charge in [-0.15, -0.1) is 0 Å². The van der Waals surface area contributed by atoms with Crippen LogP contribution in [0.25, 0.3) is 0 Å². The Labute approximate surface area is 166 Å². The van der Waals surface area contributed by atoms with Crippen LogP contribution < -0.4 is 27.4 Å². The molecule has 164 valence electrons. The molecule has 0 unspecified atom stereocenters. The average Bonchev–Trinajstić information content (AvgIpc) is 2.61. The van der Waals surface area contributed by atoms with E-state index in [1.807, 2.05) is 0 Å². The highest BCUT2D eigenvalue weighted by atomic mass is 16.4. The van der Waals surface area contributed by atoms with Crippen molar-refractivity contribution in [2.24, 2.45) is 11.5 Å². The first-order chi connectivity index (χ1) is 13.3. The van der Waals surface area contributed by atoms with Crippen molar-refractivity contribution in [1.82, 2.24) is 16.0 Å². The highest BCUT2D eigenvalue weighted by molar-refractivity contribution is 5.94. The second-order valence-corrected chi connectivity index (χ2v) is 6.40. The smallest absolute Gasteiger partial charge is 0.325 e. The number of carbonyl (C=O) groups excluding carboxylic acids is 4. The summed E-state index contributed by atoms with van der Waals surface area (Å²) in [5.41, 5.74) is 10.6. The lowest BCUT2D eigenvalue weighted by molar-refractivity contribution is -0.142. The van der Waals surface area contributed by atoms with Crippen LogP contribution in [0.4, 0.5) is 0 Å². The summed E-state index contributed by atoms with van der Waals surface area (Å²) in [6.07, 6.45) is -0.892. The lowest BCUT2D eigenvalue weighted by Gasteiger charge is -2.22. The van der Waals surface area contributed by atoms with Gasteiger partial charge < -0.3 is 37.6 Å². The molecular weight excluding hydrogens is 390 g/mol. The van der Waals surface area contributed by atoms with Crippen LogP contribution in [0.3, 0.4) is 0 Å². The number of amides is 4. The van der Waals surface area contributed by atoms with E-state index in [4.69, 9.17) is 21.7 Å². The molecule has 13 nitrogen and oxygen atoms in total. The minimum Gasteiger partial charge on any atom is -0.481 e. The molecule has 29 heavy (non-hydrogen) atoms. The highest BCUT2D eigenvalue weighted by Crippen LogP contribution is 2.01. The van der Waals surface area contributed by atoms with Gasteiger partial charge in [-0.25, -0.2) is 0 Å². The second kappa shape index (κ2) is 12.3. The number of carbonyl (C=O) groups is 6. The van der Waals surface area contributed by atoms with Crippen LogP contribution in [-0.4, -0.2) is 69.9 Å². The van der Waals surface area contributed by atoms with Gasteiger partial charge in [0.1, 0.15) is 18.1 Å². The molecule has 0 aromatic carbocycles. The Kier molecular flexibility index (Phi) is 10.9. The Balaban J connectivity index is 4.93. The van der Waals surface area contributed by atoms with Crippen molar-refractivity contribution in [2.45, 2.75) is 63.7 Å². The van der Waals surface area contributed by atoms with E-state index >= 15 is 0 Å². The minimum absolute atomic E-state index is 0.0216. The zero-order valence-electron chi connectivity index (χ0n) is 16.1. The maximum Gasteiger partial charge on any atom is 0.325 e. The van der Waals surface area contributed by atoms with Gasteiger partial charge in [-0.05, 0) is 26.7 Å². The number of carboxylic acids is 2. The van der Waals surface area contributed by atoms with E-state index in [-0.39, 0.29) is 19.3 Å². The number of primary amides is 1. The predicted octanol–water partition coefficient (Wildman–Crippen LogP) is -2.98. The van der Waals surface area contributed by atoms with Crippen molar-refractivity contribution in [3.05, 3.63) is 0 Å². The molecule has 0 aromatic rings. The number of nitrogens with two attached hydrogens (primary N) is 2. The molecule has 9 N–H and O–H groups in total. The van der Waals surface area contributed by atoms with Crippen molar-refractivity contribution in [2.75, 3.05) is 0 Å². The van der Waals surface area contributed by atoms with Crippen molar-refractivity contribution >= 4 is 35.6 Å². The Morgan fingerprint density at radius 3 is 1.83 bits per heavy atom. The van der Waals surface area contributed by atoms with Crippen molar-refractivity contribution in [1.29, 1.82) is 0 Å². The molecular formula is C16H27N5O8. The predicted molar refractivity (Wildman–Crippen MR) is 98.0 cm³/mol. The first-order valence-electron chi connectivity index (χ1n) is 8.74. The van der Waals surface area contributed by atoms with Gasteiger partial charge >= 0.3 is 11.9 Å². The zero-order valence-corrected chi connectivity index (χ0v) is 16.1. The van der Waals surface area contributed by atoms with Gasteiger partial charge in [-0.1, -0.05) is 0 Å². The van der Waals surface area contributed by atoms with Crippen LogP contribution in [0.1, 0.15) is 39.5 Å². The number of hydrogen-bond acceptors (Lipinski definition) is 7. The summed E-state index contributed by atoms with van der Waals surface area (Å²) in [7, 11) is 0.